The number of hydrogen-bond donors (Lipinski definition) is 1. The maximum Gasteiger partial charge on any atom is 0.399 e. The number of fused-ring (bicyclic) bond motifs is 1. The van der Waals surface area contributed by atoms with Gasteiger partial charge in [0.1, 0.15) is 12.0 Å². The second-order valence-electron chi connectivity index (χ2n) is 5.22. The lowest BCUT2D eigenvalue weighted by Gasteiger charge is -2.05. The molecule has 0 aliphatic carbocycles. The Bertz CT molecular complexity index is 729. The molecule has 108 valence electrons. The summed E-state index contributed by atoms with van der Waals surface area (Å²) < 4.78 is 11.1. The summed E-state index contributed by atoms with van der Waals surface area (Å²) in [6.45, 7) is 4.85. The van der Waals surface area contributed by atoms with E-state index in [0.717, 1.165) is 22.2 Å². The quantitative estimate of drug-likeness (QED) is 0.764. The molecule has 0 radical (unpaired) electrons. The van der Waals surface area contributed by atoms with Crippen molar-refractivity contribution in [3.8, 4) is 11.8 Å². The molecule has 4 nitrogen and oxygen atoms in total. The molecule has 0 unspecified atom stereocenters. The van der Waals surface area contributed by atoms with E-state index >= 15 is 0 Å². The van der Waals surface area contributed by atoms with E-state index in [1.165, 1.54) is 0 Å². The molecule has 0 fully saturated rings. The van der Waals surface area contributed by atoms with Gasteiger partial charge in [0.2, 0.25) is 0 Å². The number of rotatable bonds is 5. The predicted molar refractivity (Wildman–Crippen MR) is 82.5 cm³/mol. The lowest BCUT2D eigenvalue weighted by atomic mass is 10.1. The van der Waals surface area contributed by atoms with E-state index < -0.39 is 0 Å². The van der Waals surface area contributed by atoms with Crippen molar-refractivity contribution in [2.24, 2.45) is 0 Å². The van der Waals surface area contributed by atoms with Crippen LogP contribution in [0.3, 0.4) is 0 Å². The molecule has 1 aromatic heterocycles. The third-order valence-electron chi connectivity index (χ3n) is 3.17. The van der Waals surface area contributed by atoms with Crippen LogP contribution in [-0.4, -0.2) is 11.0 Å². The lowest BCUT2D eigenvalue weighted by molar-refractivity contribution is 0.333. The van der Waals surface area contributed by atoms with Crippen LogP contribution in [0.4, 0.5) is 0 Å². The summed E-state index contributed by atoms with van der Waals surface area (Å²) in [4.78, 5) is 4.33. The number of ether oxygens (including phenoxy) is 1. The van der Waals surface area contributed by atoms with Crippen molar-refractivity contribution in [2.45, 2.75) is 26.4 Å². The molecule has 3 aromatic rings. The van der Waals surface area contributed by atoms with Gasteiger partial charge < -0.3 is 14.5 Å². The Labute approximate surface area is 123 Å². The topological polar surface area (TPSA) is 47.3 Å². The highest BCUT2D eigenvalue weighted by Gasteiger charge is 2.09. The summed E-state index contributed by atoms with van der Waals surface area (Å²) in [6, 6.07) is 14.4. The highest BCUT2D eigenvalue weighted by molar-refractivity contribution is 5.88. The molecule has 0 bridgehead atoms. The van der Waals surface area contributed by atoms with Gasteiger partial charge in [-0.25, -0.2) is 0 Å². The van der Waals surface area contributed by atoms with Gasteiger partial charge in [-0.2, -0.15) is 4.98 Å². The number of aromatic nitrogens is 1. The van der Waals surface area contributed by atoms with Crippen LogP contribution < -0.4 is 10.1 Å². The molecule has 4 heteroatoms. The molecule has 0 saturated carbocycles. The van der Waals surface area contributed by atoms with E-state index in [-0.39, 0.29) is 6.08 Å². The van der Waals surface area contributed by atoms with Crippen molar-refractivity contribution in [3.05, 3.63) is 54.4 Å². The average molecular weight is 282 g/mol. The minimum Gasteiger partial charge on any atom is -0.417 e. The van der Waals surface area contributed by atoms with Crippen molar-refractivity contribution < 1.29 is 9.15 Å². The van der Waals surface area contributed by atoms with Gasteiger partial charge >= 0.3 is 6.08 Å². The summed E-state index contributed by atoms with van der Waals surface area (Å²) in [5, 5.41) is 5.46. The number of nitrogens with one attached hydrogen (secondary N) is 1. The molecule has 0 aliphatic heterocycles. The molecule has 0 aliphatic rings. The van der Waals surface area contributed by atoms with Gasteiger partial charge in [-0.15, -0.1) is 0 Å². The molecule has 1 heterocycles. The van der Waals surface area contributed by atoms with Crippen LogP contribution in [0.15, 0.2) is 53.1 Å². The summed E-state index contributed by atoms with van der Waals surface area (Å²) in [5.41, 5.74) is 0.832. The molecule has 21 heavy (non-hydrogen) atoms. The van der Waals surface area contributed by atoms with Gasteiger partial charge in [0.05, 0.1) is 5.69 Å². The Kier molecular flexibility index (Phi) is 3.88. The second kappa shape index (κ2) is 5.97. The minimum absolute atomic E-state index is 0.270. The van der Waals surface area contributed by atoms with Crippen molar-refractivity contribution in [1.82, 2.24) is 10.3 Å². The van der Waals surface area contributed by atoms with Crippen molar-refractivity contribution >= 4 is 10.8 Å². The van der Waals surface area contributed by atoms with E-state index in [1.807, 2.05) is 30.3 Å². The van der Waals surface area contributed by atoms with E-state index in [1.54, 1.807) is 6.26 Å². The van der Waals surface area contributed by atoms with Crippen LogP contribution in [0, 0.1) is 0 Å². The van der Waals surface area contributed by atoms with Crippen LogP contribution in [0.2, 0.25) is 0 Å². The molecular formula is C17H18N2O2. The normalized spacial score (nSPS) is 11.2. The first-order valence-electron chi connectivity index (χ1n) is 7.06. The van der Waals surface area contributed by atoms with E-state index in [0.29, 0.717) is 12.6 Å². The third-order valence-corrected chi connectivity index (χ3v) is 3.17. The second-order valence-corrected chi connectivity index (χ2v) is 5.22. The van der Waals surface area contributed by atoms with Crippen molar-refractivity contribution in [3.63, 3.8) is 0 Å². The Morgan fingerprint density at radius 3 is 2.81 bits per heavy atom. The maximum absolute atomic E-state index is 5.77. The number of nitrogens with zero attached hydrogens (tertiary/aromatic N) is 1. The fraction of sp³-hybridized carbons (Fsp3) is 0.235. The van der Waals surface area contributed by atoms with Crippen LogP contribution in [0.25, 0.3) is 10.8 Å². The largest absolute Gasteiger partial charge is 0.417 e. The van der Waals surface area contributed by atoms with Gasteiger partial charge in [0.15, 0.2) is 0 Å². The predicted octanol–water partition coefficient (Wildman–Crippen LogP) is 4.12. The van der Waals surface area contributed by atoms with E-state index in [2.05, 4.69) is 36.3 Å². The standard InChI is InChI=1S/C17H18N2O2/c1-12(2)18-10-14-11-20-17(19-14)21-16-9-5-7-13-6-3-4-8-15(13)16/h3-9,11-12,18H,10H2,1-2H3. The molecule has 1 N–H and O–H groups in total. The first kappa shape index (κ1) is 13.6. The number of hydrogen-bond acceptors (Lipinski definition) is 4. The Morgan fingerprint density at radius 2 is 1.95 bits per heavy atom. The van der Waals surface area contributed by atoms with E-state index in [9.17, 15) is 0 Å². The zero-order valence-electron chi connectivity index (χ0n) is 12.2. The Balaban J connectivity index is 1.79. The molecule has 0 amide bonds. The fourth-order valence-electron chi connectivity index (χ4n) is 2.10. The molecular weight excluding hydrogens is 264 g/mol. The summed E-state index contributed by atoms with van der Waals surface area (Å²) in [5.74, 6) is 0.748. The number of oxazole rings is 1. The molecule has 3 rings (SSSR count). The van der Waals surface area contributed by atoms with Gasteiger partial charge in [0.25, 0.3) is 0 Å². The van der Waals surface area contributed by atoms with Crippen LogP contribution in [-0.2, 0) is 6.54 Å². The van der Waals surface area contributed by atoms with Crippen LogP contribution in [0.5, 0.6) is 11.8 Å². The summed E-state index contributed by atoms with van der Waals surface area (Å²) in [6.07, 6.45) is 1.89. The minimum atomic E-state index is 0.270. The number of benzene rings is 2. The van der Waals surface area contributed by atoms with Gasteiger partial charge in [-0.3, -0.25) is 0 Å². The monoisotopic (exact) mass is 282 g/mol. The highest BCUT2D eigenvalue weighted by Crippen LogP contribution is 2.29. The SMILES string of the molecule is CC(C)NCc1coc(Oc2cccc3ccccc23)n1. The highest BCUT2D eigenvalue weighted by atomic mass is 16.6. The summed E-state index contributed by atoms with van der Waals surface area (Å²) >= 11 is 0. The van der Waals surface area contributed by atoms with Crippen molar-refractivity contribution in [1.29, 1.82) is 0 Å². The van der Waals surface area contributed by atoms with Crippen molar-refractivity contribution in [2.75, 3.05) is 0 Å². The molecule has 0 spiro atoms. The molecule has 0 saturated heterocycles. The lowest BCUT2D eigenvalue weighted by Crippen LogP contribution is -2.21. The smallest absolute Gasteiger partial charge is 0.399 e. The molecule has 2 aromatic carbocycles. The Hall–Kier alpha value is -2.33. The van der Waals surface area contributed by atoms with Gasteiger partial charge in [-0.05, 0) is 11.5 Å². The van der Waals surface area contributed by atoms with Gasteiger partial charge in [-0.1, -0.05) is 50.2 Å². The Morgan fingerprint density at radius 1 is 1.14 bits per heavy atom. The fourth-order valence-corrected chi connectivity index (χ4v) is 2.10. The zero-order chi connectivity index (χ0) is 14.7. The molecule has 0 atom stereocenters. The van der Waals surface area contributed by atoms with Gasteiger partial charge in [0, 0.05) is 18.0 Å². The average Bonchev–Trinajstić information content (AvgIpc) is 2.93. The zero-order valence-corrected chi connectivity index (χ0v) is 12.2. The van der Waals surface area contributed by atoms with E-state index in [4.69, 9.17) is 9.15 Å². The third kappa shape index (κ3) is 3.23. The first-order valence-corrected chi connectivity index (χ1v) is 7.06. The van der Waals surface area contributed by atoms with Crippen LogP contribution in [0.1, 0.15) is 19.5 Å². The first-order chi connectivity index (χ1) is 10.2. The van der Waals surface area contributed by atoms with Crippen LogP contribution >= 0.6 is 0 Å². The maximum atomic E-state index is 5.77. The summed E-state index contributed by atoms with van der Waals surface area (Å²) in [7, 11) is 0.